The summed E-state index contributed by atoms with van der Waals surface area (Å²) < 4.78 is 27.5. The molecular weight excluding hydrogens is 305 g/mol. The molecule has 0 fully saturated rings. The van der Waals surface area contributed by atoms with Crippen LogP contribution in [0.15, 0.2) is 0 Å². The molecule has 1 unspecified atom stereocenters. The van der Waals surface area contributed by atoms with E-state index < -0.39 is 12.9 Å². The van der Waals surface area contributed by atoms with Gasteiger partial charge in [0.25, 0.3) is 0 Å². The third kappa shape index (κ3) is 3.43. The van der Waals surface area contributed by atoms with Crippen LogP contribution in [-0.4, -0.2) is 15.7 Å². The maximum atomic E-state index is 9.94. The molecule has 39 valence electrons. The van der Waals surface area contributed by atoms with Crippen LogP contribution >= 0.6 is 0 Å². The van der Waals surface area contributed by atoms with Crippen LogP contribution in [0, 0.1) is 0 Å². The van der Waals surface area contributed by atoms with Crippen LogP contribution in [0.3, 0.4) is 0 Å². The van der Waals surface area contributed by atoms with Crippen molar-refractivity contribution in [2.45, 2.75) is 9.68 Å². The molecule has 1 atom stereocenters. The Morgan fingerprint density at radius 2 is 1.86 bits per heavy atom. The van der Waals surface area contributed by atoms with E-state index in [1.807, 2.05) is 0 Å². The first-order valence-corrected chi connectivity index (χ1v) is 6.41. The van der Waals surface area contributed by atoms with Crippen molar-refractivity contribution in [1.29, 1.82) is 0 Å². The summed E-state index contributed by atoms with van der Waals surface area (Å²) >= 11 is 0.121. The molecule has 0 aromatic rings. The Balaban J connectivity index is 4.10. The summed E-state index contributed by atoms with van der Waals surface area (Å²) in [7, 11) is -3.65. The molecule has 0 radical (unpaired) electrons. The van der Waals surface area contributed by atoms with E-state index in [1.165, 1.54) is 6.92 Å². The number of hydrogen-bond donors (Lipinski definition) is 1. The van der Waals surface area contributed by atoms with E-state index in [0.29, 0.717) is 0 Å². The van der Waals surface area contributed by atoms with E-state index >= 15 is 0 Å². The molecule has 0 aliphatic rings. The van der Waals surface area contributed by atoms with Gasteiger partial charge in [-0.05, 0) is 0 Å². The fraction of sp³-hybridized carbons (Fsp3) is 1.00. The molecule has 0 saturated carbocycles. The number of hydrogen-bond acceptors (Lipinski definition) is 2. The molecule has 0 amide bonds. The second kappa shape index (κ2) is 2.41. The Hall–Kier alpha value is 0.845. The van der Waals surface area contributed by atoms with Crippen LogP contribution in [0.5, 0.6) is 0 Å². The fourth-order valence-corrected chi connectivity index (χ4v) is 0. The fourth-order valence-electron chi connectivity index (χ4n) is 0. The van der Waals surface area contributed by atoms with Crippen LogP contribution in [0.1, 0.15) is 6.92 Å². The molecule has 0 aliphatic carbocycles. The zero-order valence-corrected chi connectivity index (χ0v) is 10.3. The summed E-state index contributed by atoms with van der Waals surface area (Å²) in [4.78, 5) is 0. The van der Waals surface area contributed by atoms with E-state index in [0.717, 1.165) is 0 Å². The minimum absolute atomic E-state index is 0.121. The van der Waals surface area contributed by atoms with Gasteiger partial charge in [0.05, 0.1) is 0 Å². The molecule has 5 heteroatoms. The van der Waals surface area contributed by atoms with Gasteiger partial charge in [0.2, 0.25) is 0 Å². The zero-order valence-electron chi connectivity index (χ0n) is 3.96. The summed E-state index contributed by atoms with van der Waals surface area (Å²) in [5.74, 6) is 0. The Morgan fingerprint density at radius 3 is 1.86 bits per heavy atom. The van der Waals surface area contributed by atoms with E-state index in [-0.39, 0.29) is 26.1 Å². The van der Waals surface area contributed by atoms with Crippen molar-refractivity contribution in [1.82, 2.24) is 0 Å². The Kier molecular flexibility index (Phi) is 2.70. The second-order valence-electron chi connectivity index (χ2n) is 1.33. The van der Waals surface area contributed by atoms with Crippen LogP contribution in [0.4, 0.5) is 0 Å². The first-order chi connectivity index (χ1) is 2.94. The molecule has 0 aromatic heterocycles. The first kappa shape index (κ1) is 7.85. The van der Waals surface area contributed by atoms with Gasteiger partial charge < -0.3 is 0 Å². The van der Waals surface area contributed by atoms with Crippen molar-refractivity contribution in [3.05, 3.63) is 0 Å². The molecule has 0 rings (SSSR count). The van der Waals surface area contributed by atoms with Crippen molar-refractivity contribution >= 4 is 10.1 Å². The van der Waals surface area contributed by atoms with Gasteiger partial charge in [-0.2, -0.15) is 0 Å². The van der Waals surface area contributed by atoms with Crippen LogP contribution in [0.25, 0.3) is 0 Å². The van der Waals surface area contributed by atoms with Crippen molar-refractivity contribution in [2.75, 3.05) is 0 Å². The Bertz CT molecular complexity index is 135. The molecule has 0 aromatic carbocycles. The molecule has 0 aliphatic heterocycles. The zero-order chi connectivity index (χ0) is 6.08. The normalized spacial score (nSPS) is 16.6. The number of rotatable bonds is 1. The van der Waals surface area contributed by atoms with Gasteiger partial charge in [0, 0.05) is 0 Å². The Labute approximate surface area is 58.8 Å². The third-order valence-corrected chi connectivity index (χ3v) is 6.44. The van der Waals surface area contributed by atoms with Gasteiger partial charge in [-0.25, -0.2) is 0 Å². The summed E-state index contributed by atoms with van der Waals surface area (Å²) in [6.45, 7) is 1.50. The summed E-state index contributed by atoms with van der Waals surface area (Å²) in [5, 5.41) is 0. The average molecular weight is 310 g/mol. The van der Waals surface area contributed by atoms with Crippen molar-refractivity contribution in [3.8, 4) is 0 Å². The monoisotopic (exact) mass is 311 g/mol. The van der Waals surface area contributed by atoms with Gasteiger partial charge in [-0.1, -0.05) is 0 Å². The molecule has 0 bridgehead atoms. The quantitative estimate of drug-likeness (QED) is 0.538. The molecule has 0 spiro atoms. The maximum absolute atomic E-state index is 9.94. The van der Waals surface area contributed by atoms with Gasteiger partial charge in [-0.3, -0.25) is 0 Å². The van der Waals surface area contributed by atoms with Gasteiger partial charge in [0.15, 0.2) is 0 Å². The summed E-state index contributed by atoms with van der Waals surface area (Å²) in [5.41, 5.74) is 0. The molecule has 3 nitrogen and oxygen atoms in total. The average Bonchev–Trinajstić information content (AvgIpc) is 1.31. The van der Waals surface area contributed by atoms with Crippen LogP contribution < -0.4 is 0 Å². The van der Waals surface area contributed by atoms with Gasteiger partial charge in [0.1, 0.15) is 0 Å². The topological polar surface area (TPSA) is 54.4 Å². The molecule has 7 heavy (non-hydrogen) atoms. The molecule has 0 heterocycles. The summed E-state index contributed by atoms with van der Waals surface area (Å²) in [6.07, 6.45) is 0. The Morgan fingerprint density at radius 1 is 1.71 bits per heavy atom. The SMILES string of the molecule is C[CH]([Hg])S(=O)(=O)O. The second-order valence-corrected chi connectivity index (χ2v) is 10.2. The van der Waals surface area contributed by atoms with Crippen molar-refractivity contribution in [3.63, 3.8) is 0 Å². The standard InChI is InChI=1S/C2H5O3S.Hg/c1-2-6(3,4)5;/h2H,1H3,(H,3,4,5);. The molecule has 1 N–H and O–H groups in total. The van der Waals surface area contributed by atoms with Crippen LogP contribution in [0.2, 0.25) is 0 Å². The molecule has 0 saturated heterocycles. The van der Waals surface area contributed by atoms with Crippen LogP contribution in [-0.2, 0) is 36.2 Å². The minimum atomic E-state index is -3.65. The van der Waals surface area contributed by atoms with Crippen molar-refractivity contribution < 1.29 is 39.1 Å². The van der Waals surface area contributed by atoms with Gasteiger partial charge in [-0.15, -0.1) is 0 Å². The molecular formula is C2H5HgO3S. The van der Waals surface area contributed by atoms with Gasteiger partial charge >= 0.3 is 58.9 Å². The first-order valence-electron chi connectivity index (χ1n) is 1.74. The van der Waals surface area contributed by atoms with E-state index in [1.54, 1.807) is 0 Å². The van der Waals surface area contributed by atoms with E-state index in [4.69, 9.17) is 4.55 Å². The summed E-state index contributed by atoms with van der Waals surface area (Å²) in [6, 6.07) is 0. The predicted molar refractivity (Wildman–Crippen MR) is 21.0 cm³/mol. The van der Waals surface area contributed by atoms with Crippen molar-refractivity contribution in [2.24, 2.45) is 0 Å². The third-order valence-electron chi connectivity index (χ3n) is 0.508. The van der Waals surface area contributed by atoms with E-state index in [2.05, 4.69) is 0 Å². The van der Waals surface area contributed by atoms with E-state index in [9.17, 15) is 8.42 Å². The predicted octanol–water partition coefficient (Wildman–Crippen LogP) is -0.233.